The van der Waals surface area contributed by atoms with Gasteiger partial charge in [0.25, 0.3) is 5.91 Å². The summed E-state index contributed by atoms with van der Waals surface area (Å²) in [5.74, 6) is 0.0463. The van der Waals surface area contributed by atoms with E-state index in [2.05, 4.69) is 20.9 Å². The molecule has 3 N–H and O–H groups in total. The molecule has 3 rings (SSSR count). The van der Waals surface area contributed by atoms with E-state index in [9.17, 15) is 9.59 Å². The quantitative estimate of drug-likeness (QED) is 0.599. The number of nitrogens with zero attached hydrogens (tertiary/aromatic N) is 1. The van der Waals surface area contributed by atoms with E-state index >= 15 is 0 Å². The first-order valence-corrected chi connectivity index (χ1v) is 8.55. The lowest BCUT2D eigenvalue weighted by Crippen LogP contribution is -2.12. The maximum atomic E-state index is 12.2. The Kier molecular flexibility index (Phi) is 5.68. The molecule has 1 heterocycles. The van der Waals surface area contributed by atoms with Gasteiger partial charge in [-0.2, -0.15) is 0 Å². The van der Waals surface area contributed by atoms with E-state index in [1.165, 1.54) is 6.92 Å². The molecule has 2 aromatic carbocycles. The third-order valence-electron chi connectivity index (χ3n) is 3.58. The normalized spacial score (nSPS) is 10.1. The number of rotatable bonds is 5. The van der Waals surface area contributed by atoms with Crippen molar-refractivity contribution < 1.29 is 9.59 Å². The first-order chi connectivity index (χ1) is 13.0. The van der Waals surface area contributed by atoms with Gasteiger partial charge in [-0.1, -0.05) is 17.7 Å². The molecule has 0 atom stereocenters. The number of carbonyl (C=O) groups is 2. The lowest BCUT2D eigenvalue weighted by molar-refractivity contribution is -0.114. The van der Waals surface area contributed by atoms with Gasteiger partial charge in [0.15, 0.2) is 0 Å². The van der Waals surface area contributed by atoms with Crippen molar-refractivity contribution >= 4 is 46.3 Å². The number of anilines is 4. The highest BCUT2D eigenvalue weighted by molar-refractivity contribution is 6.30. The van der Waals surface area contributed by atoms with Gasteiger partial charge in [-0.05, 0) is 54.6 Å². The van der Waals surface area contributed by atoms with E-state index < -0.39 is 0 Å². The molecule has 0 aliphatic carbocycles. The smallest absolute Gasteiger partial charge is 0.256 e. The third kappa shape index (κ3) is 5.29. The highest BCUT2D eigenvalue weighted by Gasteiger charge is 2.07. The topological polar surface area (TPSA) is 83.1 Å². The van der Waals surface area contributed by atoms with Gasteiger partial charge in [0.05, 0.1) is 11.9 Å². The Balaban J connectivity index is 1.64. The molecule has 0 unspecified atom stereocenters. The predicted molar refractivity (Wildman–Crippen MR) is 108 cm³/mol. The molecule has 7 heteroatoms. The third-order valence-corrected chi connectivity index (χ3v) is 3.84. The van der Waals surface area contributed by atoms with Crippen LogP contribution in [0.25, 0.3) is 0 Å². The Morgan fingerprint density at radius 2 is 1.63 bits per heavy atom. The van der Waals surface area contributed by atoms with Crippen LogP contribution in [0, 0.1) is 0 Å². The second-order valence-electron chi connectivity index (χ2n) is 5.78. The van der Waals surface area contributed by atoms with Crippen molar-refractivity contribution in [2.75, 3.05) is 16.0 Å². The molecule has 0 saturated carbocycles. The van der Waals surface area contributed by atoms with Crippen molar-refractivity contribution in [3.63, 3.8) is 0 Å². The average Bonchev–Trinajstić information content (AvgIpc) is 2.63. The summed E-state index contributed by atoms with van der Waals surface area (Å²) in [5.41, 5.74) is 2.76. The molecule has 3 aromatic rings. The molecule has 0 fully saturated rings. The van der Waals surface area contributed by atoms with Crippen LogP contribution in [-0.2, 0) is 4.79 Å². The van der Waals surface area contributed by atoms with E-state index in [4.69, 9.17) is 11.6 Å². The molecule has 0 radical (unpaired) electrons. The minimum atomic E-state index is -0.261. The zero-order valence-electron chi connectivity index (χ0n) is 14.5. The van der Waals surface area contributed by atoms with Gasteiger partial charge >= 0.3 is 0 Å². The molecule has 2 amide bonds. The van der Waals surface area contributed by atoms with Crippen LogP contribution in [0.4, 0.5) is 22.9 Å². The largest absolute Gasteiger partial charge is 0.354 e. The van der Waals surface area contributed by atoms with E-state index in [0.29, 0.717) is 22.1 Å². The van der Waals surface area contributed by atoms with E-state index in [1.54, 1.807) is 48.7 Å². The van der Waals surface area contributed by atoms with Gasteiger partial charge in [0, 0.05) is 28.9 Å². The number of pyridine rings is 1. The van der Waals surface area contributed by atoms with Gasteiger partial charge in [0.2, 0.25) is 5.91 Å². The molecule has 1 aromatic heterocycles. The van der Waals surface area contributed by atoms with Crippen molar-refractivity contribution in [1.82, 2.24) is 4.98 Å². The summed E-state index contributed by atoms with van der Waals surface area (Å²) in [4.78, 5) is 27.6. The monoisotopic (exact) mass is 380 g/mol. The number of carbonyl (C=O) groups excluding carboxylic acids is 2. The number of amides is 2. The van der Waals surface area contributed by atoms with Gasteiger partial charge in [-0.3, -0.25) is 9.59 Å². The van der Waals surface area contributed by atoms with Crippen molar-refractivity contribution in [2.45, 2.75) is 6.92 Å². The number of benzene rings is 2. The van der Waals surface area contributed by atoms with E-state index in [1.807, 2.05) is 18.2 Å². The Morgan fingerprint density at radius 3 is 2.30 bits per heavy atom. The molecule has 0 spiro atoms. The molecule has 0 aliphatic rings. The van der Waals surface area contributed by atoms with Crippen LogP contribution >= 0.6 is 11.6 Å². The lowest BCUT2D eigenvalue weighted by atomic mass is 10.2. The summed E-state index contributed by atoms with van der Waals surface area (Å²) in [6.07, 6.45) is 1.61. The molecule has 0 bridgehead atoms. The molecular weight excluding hydrogens is 364 g/mol. The SMILES string of the molecule is CC(=O)Nc1cccc(Nc2ccc(NC(=O)c3ccc(Cl)cc3)nc2)c1. The van der Waals surface area contributed by atoms with E-state index in [-0.39, 0.29) is 11.8 Å². The van der Waals surface area contributed by atoms with Crippen LogP contribution in [0.1, 0.15) is 17.3 Å². The molecule has 27 heavy (non-hydrogen) atoms. The summed E-state index contributed by atoms with van der Waals surface area (Å²) in [7, 11) is 0. The molecule has 6 nitrogen and oxygen atoms in total. The van der Waals surface area contributed by atoms with Crippen LogP contribution in [-0.4, -0.2) is 16.8 Å². The summed E-state index contributed by atoms with van der Waals surface area (Å²) in [6.45, 7) is 1.46. The van der Waals surface area contributed by atoms with Crippen molar-refractivity contribution in [1.29, 1.82) is 0 Å². The fourth-order valence-corrected chi connectivity index (χ4v) is 2.50. The van der Waals surface area contributed by atoms with Crippen LogP contribution in [0.15, 0.2) is 66.9 Å². The Bertz CT molecular complexity index is 956. The van der Waals surface area contributed by atoms with Gasteiger partial charge in [0.1, 0.15) is 5.82 Å². The summed E-state index contributed by atoms with van der Waals surface area (Å²) in [5, 5.41) is 9.23. The van der Waals surface area contributed by atoms with Crippen molar-refractivity contribution in [3.05, 3.63) is 77.4 Å². The maximum Gasteiger partial charge on any atom is 0.256 e. The van der Waals surface area contributed by atoms with Gasteiger partial charge < -0.3 is 16.0 Å². The number of nitrogens with one attached hydrogen (secondary N) is 3. The second kappa shape index (κ2) is 8.33. The predicted octanol–water partition coefficient (Wildman–Crippen LogP) is 4.69. The highest BCUT2D eigenvalue weighted by atomic mass is 35.5. The van der Waals surface area contributed by atoms with Crippen LogP contribution in [0.2, 0.25) is 5.02 Å². The fourth-order valence-electron chi connectivity index (χ4n) is 2.38. The lowest BCUT2D eigenvalue weighted by Gasteiger charge is -2.10. The zero-order chi connectivity index (χ0) is 19.2. The zero-order valence-corrected chi connectivity index (χ0v) is 15.2. The second-order valence-corrected chi connectivity index (χ2v) is 6.22. The standard InChI is InChI=1S/C20H17ClN4O2/c1-13(26)23-16-3-2-4-17(11-16)24-18-9-10-19(22-12-18)25-20(27)14-5-7-15(21)8-6-14/h2-12,24H,1H3,(H,23,26)(H,22,25,27). The van der Waals surface area contributed by atoms with Crippen LogP contribution in [0.3, 0.4) is 0 Å². The Hall–Kier alpha value is -3.38. The molecule has 0 saturated heterocycles. The summed E-state index contributed by atoms with van der Waals surface area (Å²) in [6, 6.07) is 17.5. The number of hydrogen-bond acceptors (Lipinski definition) is 4. The number of hydrogen-bond donors (Lipinski definition) is 3. The Labute approximate surface area is 161 Å². The first-order valence-electron chi connectivity index (χ1n) is 8.17. The van der Waals surface area contributed by atoms with Crippen LogP contribution < -0.4 is 16.0 Å². The average molecular weight is 381 g/mol. The first kappa shape index (κ1) is 18.4. The fraction of sp³-hybridized carbons (Fsp3) is 0.0500. The number of aromatic nitrogens is 1. The van der Waals surface area contributed by atoms with Crippen molar-refractivity contribution in [3.8, 4) is 0 Å². The minimum absolute atomic E-state index is 0.130. The highest BCUT2D eigenvalue weighted by Crippen LogP contribution is 2.20. The summed E-state index contributed by atoms with van der Waals surface area (Å²) >= 11 is 5.82. The molecular formula is C20H17ClN4O2. The number of halogens is 1. The van der Waals surface area contributed by atoms with Gasteiger partial charge in [-0.25, -0.2) is 4.98 Å². The Morgan fingerprint density at radius 1 is 0.889 bits per heavy atom. The van der Waals surface area contributed by atoms with E-state index in [0.717, 1.165) is 11.4 Å². The van der Waals surface area contributed by atoms with Gasteiger partial charge in [-0.15, -0.1) is 0 Å². The van der Waals surface area contributed by atoms with Crippen molar-refractivity contribution in [2.24, 2.45) is 0 Å². The molecule has 136 valence electrons. The maximum absolute atomic E-state index is 12.2. The van der Waals surface area contributed by atoms with Crippen LogP contribution in [0.5, 0.6) is 0 Å². The summed E-state index contributed by atoms with van der Waals surface area (Å²) < 4.78 is 0. The minimum Gasteiger partial charge on any atom is -0.354 e. The molecule has 0 aliphatic heterocycles.